The topological polar surface area (TPSA) is 26.3 Å². The van der Waals surface area contributed by atoms with E-state index in [1.807, 2.05) is 0 Å². The molecule has 0 heterocycles. The predicted octanol–water partition coefficient (Wildman–Crippen LogP) is 3.05. The lowest BCUT2D eigenvalue weighted by Crippen LogP contribution is -2.21. The molecule has 1 saturated carbocycles. The van der Waals surface area contributed by atoms with Gasteiger partial charge in [0, 0.05) is 12.0 Å². The first-order valence-electron chi connectivity index (χ1n) is 5.55. The van der Waals surface area contributed by atoms with E-state index < -0.39 is 6.61 Å². The average molecular weight is 228 g/mol. The van der Waals surface area contributed by atoms with E-state index in [1.165, 1.54) is 12.2 Å². The summed E-state index contributed by atoms with van der Waals surface area (Å²) < 4.78 is 28.1. The van der Waals surface area contributed by atoms with Gasteiger partial charge < -0.3 is 4.74 Å². The smallest absolute Gasteiger partial charge is 0.387 e. The number of halogens is 2. The molecule has 2 rings (SSSR count). The molecule has 88 valence electrons. The van der Waals surface area contributed by atoms with E-state index in [-0.39, 0.29) is 17.5 Å². The zero-order chi connectivity index (χ0) is 11.5. The van der Waals surface area contributed by atoms with Crippen molar-refractivity contribution in [2.75, 3.05) is 0 Å². The first-order chi connectivity index (χ1) is 7.66. The molecule has 1 atom stereocenters. The first-order valence-corrected chi connectivity index (χ1v) is 5.55. The number of rotatable bonds is 3. The maximum absolute atomic E-state index is 11.9. The van der Waals surface area contributed by atoms with Crippen molar-refractivity contribution < 1.29 is 18.3 Å². The minimum absolute atomic E-state index is 0.0331. The fraction of sp³-hybridized carbons (Fsp3) is 0.583. The maximum atomic E-state index is 11.9. The molecule has 0 aromatic carbocycles. The van der Waals surface area contributed by atoms with Crippen molar-refractivity contribution in [1.82, 2.24) is 0 Å². The van der Waals surface area contributed by atoms with Crippen molar-refractivity contribution in [2.24, 2.45) is 11.8 Å². The summed E-state index contributed by atoms with van der Waals surface area (Å²) >= 11 is 0. The fourth-order valence-electron chi connectivity index (χ4n) is 2.46. The molecule has 2 aliphatic carbocycles. The van der Waals surface area contributed by atoms with E-state index in [2.05, 4.69) is 4.74 Å². The van der Waals surface area contributed by atoms with Crippen LogP contribution in [0.5, 0.6) is 0 Å². The molecule has 0 amide bonds. The van der Waals surface area contributed by atoms with Crippen LogP contribution in [0.3, 0.4) is 0 Å². The highest BCUT2D eigenvalue weighted by molar-refractivity contribution is 5.95. The van der Waals surface area contributed by atoms with Gasteiger partial charge >= 0.3 is 6.61 Å². The average Bonchev–Trinajstić information content (AvgIpc) is 2.69. The van der Waals surface area contributed by atoms with E-state index >= 15 is 0 Å². The summed E-state index contributed by atoms with van der Waals surface area (Å²) in [6.45, 7) is -2.87. The van der Waals surface area contributed by atoms with Crippen LogP contribution in [0.15, 0.2) is 24.0 Å². The van der Waals surface area contributed by atoms with E-state index in [0.717, 1.165) is 25.7 Å². The summed E-state index contributed by atoms with van der Waals surface area (Å²) in [5, 5.41) is 0. The molecular formula is C12H14F2O2. The van der Waals surface area contributed by atoms with Crippen LogP contribution in [0, 0.1) is 11.8 Å². The predicted molar refractivity (Wildman–Crippen MR) is 54.8 cm³/mol. The quantitative estimate of drug-likeness (QED) is 0.742. The second kappa shape index (κ2) is 4.76. The van der Waals surface area contributed by atoms with E-state index in [0.29, 0.717) is 5.92 Å². The first kappa shape index (κ1) is 11.3. The van der Waals surface area contributed by atoms with E-state index in [4.69, 9.17) is 0 Å². The molecule has 0 bridgehead atoms. The van der Waals surface area contributed by atoms with Gasteiger partial charge in [-0.05, 0) is 24.8 Å². The van der Waals surface area contributed by atoms with Gasteiger partial charge in [0.05, 0.1) is 0 Å². The molecule has 2 aliphatic rings. The van der Waals surface area contributed by atoms with Gasteiger partial charge in [0.25, 0.3) is 0 Å². The third kappa shape index (κ3) is 2.49. The van der Waals surface area contributed by atoms with Gasteiger partial charge in [0.2, 0.25) is 0 Å². The largest absolute Gasteiger partial charge is 0.435 e. The molecule has 0 aromatic rings. The number of alkyl halides is 2. The number of ether oxygens (including phenoxy) is 1. The highest BCUT2D eigenvalue weighted by Crippen LogP contribution is 2.34. The van der Waals surface area contributed by atoms with Gasteiger partial charge in [0.15, 0.2) is 5.78 Å². The summed E-state index contributed by atoms with van der Waals surface area (Å²) in [6.07, 6.45) is 8.81. The Morgan fingerprint density at radius 2 is 2.00 bits per heavy atom. The monoisotopic (exact) mass is 228 g/mol. The molecule has 1 unspecified atom stereocenters. The number of carbonyl (C=O) groups is 1. The highest BCUT2D eigenvalue weighted by atomic mass is 19.3. The Kier molecular flexibility index (Phi) is 3.36. The van der Waals surface area contributed by atoms with Crippen LogP contribution in [-0.2, 0) is 9.53 Å². The lowest BCUT2D eigenvalue weighted by molar-refractivity contribution is -0.119. The zero-order valence-electron chi connectivity index (χ0n) is 8.86. The summed E-state index contributed by atoms with van der Waals surface area (Å²) in [5.41, 5.74) is 0. The molecule has 1 fully saturated rings. The van der Waals surface area contributed by atoms with E-state index in [1.54, 1.807) is 6.08 Å². The molecule has 0 N–H and O–H groups in total. The number of allylic oxidation sites excluding steroid dienone is 3. The lowest BCUT2D eigenvalue weighted by atomic mass is 9.84. The molecule has 0 spiro atoms. The minimum Gasteiger partial charge on any atom is -0.435 e. The van der Waals surface area contributed by atoms with Crippen LogP contribution in [-0.4, -0.2) is 12.4 Å². The Morgan fingerprint density at radius 3 is 2.56 bits per heavy atom. The third-order valence-corrected chi connectivity index (χ3v) is 3.21. The molecule has 0 aromatic heterocycles. The fourth-order valence-corrected chi connectivity index (χ4v) is 2.46. The third-order valence-electron chi connectivity index (χ3n) is 3.21. The van der Waals surface area contributed by atoms with Gasteiger partial charge in [0.1, 0.15) is 5.76 Å². The van der Waals surface area contributed by atoms with Crippen molar-refractivity contribution >= 4 is 5.78 Å². The molecule has 0 aliphatic heterocycles. The molecule has 0 radical (unpaired) electrons. The molecular weight excluding hydrogens is 214 g/mol. The highest BCUT2D eigenvalue weighted by Gasteiger charge is 2.29. The molecule has 4 heteroatoms. The van der Waals surface area contributed by atoms with Crippen LogP contribution >= 0.6 is 0 Å². The van der Waals surface area contributed by atoms with Crippen molar-refractivity contribution in [3.05, 3.63) is 24.0 Å². The summed E-state index contributed by atoms with van der Waals surface area (Å²) in [5.74, 6) is 0.111. The van der Waals surface area contributed by atoms with Crippen molar-refractivity contribution in [3.8, 4) is 0 Å². The Hall–Kier alpha value is -1.19. The standard InChI is InChI=1S/C12H14F2O2/c13-12(14)16-9-5-6-10(11(15)7-9)8-3-1-2-4-8/h5-8,10,12H,1-4H2. The van der Waals surface area contributed by atoms with Gasteiger partial charge in [-0.1, -0.05) is 18.9 Å². The zero-order valence-corrected chi connectivity index (χ0v) is 8.86. The van der Waals surface area contributed by atoms with Crippen molar-refractivity contribution in [1.29, 1.82) is 0 Å². The van der Waals surface area contributed by atoms with Crippen LogP contribution in [0.4, 0.5) is 8.78 Å². The van der Waals surface area contributed by atoms with Crippen LogP contribution < -0.4 is 0 Å². The number of hydrogen-bond donors (Lipinski definition) is 0. The van der Waals surface area contributed by atoms with Crippen LogP contribution in [0.2, 0.25) is 0 Å². The van der Waals surface area contributed by atoms with Gasteiger partial charge in [-0.15, -0.1) is 0 Å². The number of ketones is 1. The second-order valence-electron chi connectivity index (χ2n) is 4.26. The van der Waals surface area contributed by atoms with Gasteiger partial charge in [-0.3, -0.25) is 4.79 Å². The Morgan fingerprint density at radius 1 is 1.31 bits per heavy atom. The SMILES string of the molecule is O=C1C=C(OC(F)F)C=CC1C1CCCC1. The van der Waals surface area contributed by atoms with Crippen LogP contribution in [0.25, 0.3) is 0 Å². The maximum Gasteiger partial charge on any atom is 0.387 e. The second-order valence-corrected chi connectivity index (χ2v) is 4.26. The Labute approximate surface area is 93.0 Å². The summed E-state index contributed by atoms with van der Waals surface area (Å²) in [4.78, 5) is 11.7. The van der Waals surface area contributed by atoms with E-state index in [9.17, 15) is 13.6 Å². The Balaban J connectivity index is 2.00. The number of hydrogen-bond acceptors (Lipinski definition) is 2. The normalized spacial score (nSPS) is 26.3. The van der Waals surface area contributed by atoms with Crippen molar-refractivity contribution in [3.63, 3.8) is 0 Å². The molecule has 2 nitrogen and oxygen atoms in total. The Bertz CT molecular complexity index is 328. The summed E-state index contributed by atoms with van der Waals surface area (Å²) in [7, 11) is 0. The van der Waals surface area contributed by atoms with Crippen molar-refractivity contribution in [2.45, 2.75) is 32.3 Å². The van der Waals surface area contributed by atoms with Crippen LogP contribution in [0.1, 0.15) is 25.7 Å². The minimum atomic E-state index is -2.87. The molecule has 0 saturated heterocycles. The van der Waals surface area contributed by atoms with Gasteiger partial charge in [-0.25, -0.2) is 0 Å². The number of carbonyl (C=O) groups excluding carboxylic acids is 1. The summed E-state index contributed by atoms with van der Waals surface area (Å²) in [6, 6.07) is 0. The lowest BCUT2D eigenvalue weighted by Gasteiger charge is -2.20. The van der Waals surface area contributed by atoms with Gasteiger partial charge in [-0.2, -0.15) is 8.78 Å². The molecule has 16 heavy (non-hydrogen) atoms.